The molecule has 156 valence electrons. The Hall–Kier alpha value is -3.29. The molecule has 7 nitrogen and oxygen atoms in total. The van der Waals surface area contributed by atoms with Gasteiger partial charge in [-0.15, -0.1) is 0 Å². The van der Waals surface area contributed by atoms with Crippen LogP contribution in [0.2, 0.25) is 0 Å². The summed E-state index contributed by atoms with van der Waals surface area (Å²) >= 11 is 0. The van der Waals surface area contributed by atoms with Gasteiger partial charge in [0.05, 0.1) is 23.8 Å². The van der Waals surface area contributed by atoms with Crippen LogP contribution < -0.4 is 25.0 Å². The lowest BCUT2D eigenvalue weighted by Crippen LogP contribution is -2.45. The Morgan fingerprint density at radius 3 is 2.87 bits per heavy atom. The molecule has 2 heterocycles. The van der Waals surface area contributed by atoms with E-state index in [-0.39, 0.29) is 36.7 Å². The van der Waals surface area contributed by atoms with Crippen LogP contribution in [-0.4, -0.2) is 37.1 Å². The summed E-state index contributed by atoms with van der Waals surface area (Å²) in [4.78, 5) is 26.1. The molecule has 0 radical (unpaired) electrons. The fourth-order valence-corrected chi connectivity index (χ4v) is 3.85. The number of hydrogen-bond acceptors (Lipinski definition) is 5. The van der Waals surface area contributed by atoms with Crippen LogP contribution in [0.3, 0.4) is 0 Å². The van der Waals surface area contributed by atoms with Gasteiger partial charge in [0.1, 0.15) is 23.9 Å². The maximum Gasteiger partial charge on any atom is 0.262 e. The molecule has 3 aliphatic rings. The summed E-state index contributed by atoms with van der Waals surface area (Å²) in [6, 6.07) is 10.2. The summed E-state index contributed by atoms with van der Waals surface area (Å²) in [6.45, 7) is 0.777. The Bertz CT molecular complexity index is 1010. The first kappa shape index (κ1) is 18.7. The predicted octanol–water partition coefficient (Wildman–Crippen LogP) is 2.59. The number of rotatable bonds is 5. The number of fused-ring (bicyclic) bond motifs is 2. The number of anilines is 2. The fraction of sp³-hybridized carbons (Fsp3) is 0.364. The maximum absolute atomic E-state index is 13.7. The average molecular weight is 411 g/mol. The quantitative estimate of drug-likeness (QED) is 0.791. The number of ether oxygens (including phenoxy) is 2. The zero-order valence-corrected chi connectivity index (χ0v) is 16.3. The molecule has 1 fully saturated rings. The summed E-state index contributed by atoms with van der Waals surface area (Å²) in [6.07, 6.45) is 2.35. The molecule has 2 aliphatic heterocycles. The van der Waals surface area contributed by atoms with Crippen LogP contribution in [0.4, 0.5) is 15.8 Å². The number of nitrogens with zero attached hydrogens (tertiary/aromatic N) is 1. The summed E-state index contributed by atoms with van der Waals surface area (Å²) in [5, 5.41) is 5.83. The van der Waals surface area contributed by atoms with Crippen molar-refractivity contribution in [2.75, 3.05) is 23.4 Å². The summed E-state index contributed by atoms with van der Waals surface area (Å²) in [5.74, 6) is 0.521. The first-order valence-electron chi connectivity index (χ1n) is 10.1. The van der Waals surface area contributed by atoms with E-state index in [1.165, 1.54) is 12.1 Å². The third-order valence-corrected chi connectivity index (χ3v) is 5.50. The number of hydrogen-bond donors (Lipinski definition) is 2. The molecular formula is C22H22FN3O4. The van der Waals surface area contributed by atoms with Crippen LogP contribution in [0, 0.1) is 5.82 Å². The zero-order valence-electron chi connectivity index (χ0n) is 16.3. The van der Waals surface area contributed by atoms with Crippen molar-refractivity contribution >= 4 is 23.2 Å². The Kier molecular flexibility index (Phi) is 4.69. The standard InChI is InChI=1S/C22H22FN3O4/c23-14-2-5-18-20(8-14)29-11-16(9-21(27)24-15-3-4-15)26(18)10-13-1-6-19-17(7-13)25-22(28)12-30-19/h1-2,5-8,15-16H,3-4,9-12H2,(H,24,27)(H,25,28)/t16-/m1/s1. The minimum atomic E-state index is -0.368. The van der Waals surface area contributed by atoms with Crippen molar-refractivity contribution in [2.45, 2.75) is 37.9 Å². The number of benzene rings is 2. The Morgan fingerprint density at radius 1 is 1.17 bits per heavy atom. The predicted molar refractivity (Wildman–Crippen MR) is 108 cm³/mol. The minimum Gasteiger partial charge on any atom is -0.489 e. The van der Waals surface area contributed by atoms with Crippen molar-refractivity contribution in [3.8, 4) is 11.5 Å². The van der Waals surface area contributed by atoms with Crippen molar-refractivity contribution in [3.05, 3.63) is 47.8 Å². The van der Waals surface area contributed by atoms with Crippen LogP contribution >= 0.6 is 0 Å². The van der Waals surface area contributed by atoms with Gasteiger partial charge in [-0.05, 0) is 42.7 Å². The number of amides is 2. The monoisotopic (exact) mass is 411 g/mol. The van der Waals surface area contributed by atoms with E-state index in [1.807, 2.05) is 18.2 Å². The normalized spacial score (nSPS) is 19.7. The van der Waals surface area contributed by atoms with Crippen molar-refractivity contribution < 1.29 is 23.5 Å². The maximum atomic E-state index is 13.7. The van der Waals surface area contributed by atoms with Gasteiger partial charge < -0.3 is 25.0 Å². The highest BCUT2D eigenvalue weighted by molar-refractivity contribution is 5.95. The number of carbonyl (C=O) groups is 2. The van der Waals surface area contributed by atoms with Crippen LogP contribution in [0.1, 0.15) is 24.8 Å². The molecule has 2 N–H and O–H groups in total. The SMILES string of the molecule is O=C1COc2ccc(CN3c4ccc(F)cc4OC[C@H]3CC(=O)NC3CC3)cc2N1. The second-order valence-electron chi connectivity index (χ2n) is 7.92. The fourth-order valence-electron chi connectivity index (χ4n) is 3.85. The Balaban J connectivity index is 1.41. The zero-order chi connectivity index (χ0) is 20.7. The molecule has 1 atom stereocenters. The highest BCUT2D eigenvalue weighted by atomic mass is 19.1. The lowest BCUT2D eigenvalue weighted by Gasteiger charge is -2.38. The first-order valence-corrected chi connectivity index (χ1v) is 10.1. The van der Waals surface area contributed by atoms with Crippen molar-refractivity contribution in [3.63, 3.8) is 0 Å². The minimum absolute atomic E-state index is 0.00670. The van der Waals surface area contributed by atoms with E-state index in [0.717, 1.165) is 24.1 Å². The summed E-state index contributed by atoms with van der Waals surface area (Å²) < 4.78 is 24.9. The average Bonchev–Trinajstić information content (AvgIpc) is 3.53. The molecule has 0 saturated heterocycles. The van der Waals surface area contributed by atoms with E-state index in [4.69, 9.17) is 9.47 Å². The molecular weight excluding hydrogens is 389 g/mol. The van der Waals surface area contributed by atoms with E-state index < -0.39 is 0 Å². The Morgan fingerprint density at radius 2 is 2.03 bits per heavy atom. The lowest BCUT2D eigenvalue weighted by atomic mass is 10.1. The highest BCUT2D eigenvalue weighted by Gasteiger charge is 2.32. The molecule has 5 rings (SSSR count). The number of carbonyl (C=O) groups excluding carboxylic acids is 2. The molecule has 1 saturated carbocycles. The van der Waals surface area contributed by atoms with Crippen molar-refractivity contribution in [1.29, 1.82) is 0 Å². The first-order chi connectivity index (χ1) is 14.5. The molecule has 2 aromatic carbocycles. The van der Waals surface area contributed by atoms with Gasteiger partial charge in [0, 0.05) is 18.7 Å². The second-order valence-corrected chi connectivity index (χ2v) is 7.92. The number of nitrogens with one attached hydrogen (secondary N) is 2. The van der Waals surface area contributed by atoms with Gasteiger partial charge in [-0.2, -0.15) is 0 Å². The van der Waals surface area contributed by atoms with Crippen molar-refractivity contribution in [1.82, 2.24) is 5.32 Å². The molecule has 0 bridgehead atoms. The van der Waals surface area contributed by atoms with E-state index in [1.54, 1.807) is 6.07 Å². The molecule has 0 unspecified atom stereocenters. The molecule has 2 amide bonds. The van der Waals surface area contributed by atoms with E-state index in [2.05, 4.69) is 15.5 Å². The topological polar surface area (TPSA) is 79.9 Å². The molecule has 30 heavy (non-hydrogen) atoms. The third-order valence-electron chi connectivity index (χ3n) is 5.50. The smallest absolute Gasteiger partial charge is 0.262 e. The van der Waals surface area contributed by atoms with E-state index >= 15 is 0 Å². The van der Waals surface area contributed by atoms with Crippen LogP contribution in [-0.2, 0) is 16.1 Å². The molecule has 8 heteroatoms. The molecule has 0 aromatic heterocycles. The largest absolute Gasteiger partial charge is 0.489 e. The van der Waals surface area contributed by atoms with Crippen LogP contribution in [0.5, 0.6) is 11.5 Å². The summed E-state index contributed by atoms with van der Waals surface area (Å²) in [5.41, 5.74) is 2.30. The van der Waals surface area contributed by atoms with Gasteiger partial charge in [0.15, 0.2) is 6.61 Å². The molecule has 2 aromatic rings. The third kappa shape index (κ3) is 3.90. The van der Waals surface area contributed by atoms with Gasteiger partial charge in [-0.25, -0.2) is 4.39 Å². The van der Waals surface area contributed by atoms with Gasteiger partial charge >= 0.3 is 0 Å². The molecule has 1 aliphatic carbocycles. The second kappa shape index (κ2) is 7.51. The van der Waals surface area contributed by atoms with E-state index in [9.17, 15) is 14.0 Å². The van der Waals surface area contributed by atoms with Crippen LogP contribution in [0.15, 0.2) is 36.4 Å². The van der Waals surface area contributed by atoms with Gasteiger partial charge in [0.25, 0.3) is 5.91 Å². The van der Waals surface area contributed by atoms with Crippen molar-refractivity contribution in [2.24, 2.45) is 0 Å². The van der Waals surface area contributed by atoms with Gasteiger partial charge in [-0.1, -0.05) is 6.07 Å². The van der Waals surface area contributed by atoms with E-state index in [0.29, 0.717) is 36.4 Å². The van der Waals surface area contributed by atoms with Crippen LogP contribution in [0.25, 0.3) is 0 Å². The summed E-state index contributed by atoms with van der Waals surface area (Å²) in [7, 11) is 0. The Labute approximate surface area is 173 Å². The van der Waals surface area contributed by atoms with Gasteiger partial charge in [-0.3, -0.25) is 9.59 Å². The number of halogens is 1. The molecule has 0 spiro atoms. The van der Waals surface area contributed by atoms with Gasteiger partial charge in [0.2, 0.25) is 5.91 Å². The highest BCUT2D eigenvalue weighted by Crippen LogP contribution is 2.37. The lowest BCUT2D eigenvalue weighted by molar-refractivity contribution is -0.122.